The molecule has 2 atom stereocenters. The summed E-state index contributed by atoms with van der Waals surface area (Å²) < 4.78 is 5.63. The molecule has 1 aromatic carbocycles. The maximum atomic E-state index is 5.87. The van der Waals surface area contributed by atoms with Gasteiger partial charge in [0.15, 0.2) is 0 Å². The molecule has 3 nitrogen and oxygen atoms in total. The zero-order chi connectivity index (χ0) is 13.2. The molecule has 1 saturated heterocycles. The highest BCUT2D eigenvalue weighted by Gasteiger charge is 2.30. The Morgan fingerprint density at radius 1 is 1.33 bits per heavy atom. The molecular weight excluding hydrogens is 224 g/mol. The van der Waals surface area contributed by atoms with Crippen molar-refractivity contribution in [3.63, 3.8) is 0 Å². The molecule has 2 rings (SSSR count). The highest BCUT2D eigenvalue weighted by atomic mass is 16.5. The molecule has 1 aliphatic rings. The fraction of sp³-hybridized carbons (Fsp3) is 0.600. The van der Waals surface area contributed by atoms with Crippen LogP contribution in [0.15, 0.2) is 24.3 Å². The van der Waals surface area contributed by atoms with E-state index in [1.54, 1.807) is 0 Å². The first-order chi connectivity index (χ1) is 8.54. The summed E-state index contributed by atoms with van der Waals surface area (Å²) in [5.74, 6) is 0. The van der Waals surface area contributed by atoms with E-state index in [1.165, 1.54) is 17.7 Å². The standard InChI is InChI=1S/C15H24N2O/c1-12(16)13-5-7-14(8-6-13)17-10-4-9-15(2,11-17)18-3/h5-8,12H,4,9-11,16H2,1-3H3/t12-,15?/m0/s1. The zero-order valence-corrected chi connectivity index (χ0v) is 11.6. The molecule has 1 aliphatic heterocycles. The number of piperidine rings is 1. The molecular formula is C15H24N2O. The first-order valence-corrected chi connectivity index (χ1v) is 6.70. The van der Waals surface area contributed by atoms with Gasteiger partial charge in [-0.05, 0) is 44.4 Å². The second-order valence-corrected chi connectivity index (χ2v) is 5.56. The van der Waals surface area contributed by atoms with Crippen LogP contribution in [-0.2, 0) is 4.74 Å². The zero-order valence-electron chi connectivity index (χ0n) is 11.6. The van der Waals surface area contributed by atoms with Gasteiger partial charge in [0, 0.05) is 31.9 Å². The van der Waals surface area contributed by atoms with E-state index in [1.807, 2.05) is 14.0 Å². The molecule has 0 bridgehead atoms. The van der Waals surface area contributed by atoms with Gasteiger partial charge in [0.25, 0.3) is 0 Å². The molecule has 0 aliphatic carbocycles. The van der Waals surface area contributed by atoms with Crippen molar-refractivity contribution in [2.24, 2.45) is 5.73 Å². The van der Waals surface area contributed by atoms with E-state index >= 15 is 0 Å². The Balaban J connectivity index is 2.11. The average molecular weight is 248 g/mol. The van der Waals surface area contributed by atoms with Crippen LogP contribution in [0.5, 0.6) is 0 Å². The summed E-state index contributed by atoms with van der Waals surface area (Å²) in [7, 11) is 1.81. The summed E-state index contributed by atoms with van der Waals surface area (Å²) in [4.78, 5) is 2.40. The lowest BCUT2D eigenvalue weighted by Gasteiger charge is -2.40. The normalized spacial score (nSPS) is 26.1. The van der Waals surface area contributed by atoms with Crippen LogP contribution in [0.1, 0.15) is 38.3 Å². The molecule has 3 heteroatoms. The first-order valence-electron chi connectivity index (χ1n) is 6.70. The predicted molar refractivity (Wildman–Crippen MR) is 75.9 cm³/mol. The van der Waals surface area contributed by atoms with Gasteiger partial charge in [-0.1, -0.05) is 12.1 Å². The summed E-state index contributed by atoms with van der Waals surface area (Å²) in [6.45, 7) is 6.27. The van der Waals surface area contributed by atoms with Crippen molar-refractivity contribution in [1.82, 2.24) is 0 Å². The molecule has 0 spiro atoms. The Morgan fingerprint density at radius 3 is 2.56 bits per heavy atom. The largest absolute Gasteiger partial charge is 0.377 e. The summed E-state index contributed by atoms with van der Waals surface area (Å²) in [6.07, 6.45) is 2.32. The molecule has 0 aromatic heterocycles. The number of benzene rings is 1. The third-order valence-electron chi connectivity index (χ3n) is 3.94. The summed E-state index contributed by atoms with van der Waals surface area (Å²) in [6, 6.07) is 8.68. The van der Waals surface area contributed by atoms with Crippen LogP contribution < -0.4 is 10.6 Å². The summed E-state index contributed by atoms with van der Waals surface area (Å²) in [5, 5.41) is 0. The lowest BCUT2D eigenvalue weighted by molar-refractivity contribution is -0.00465. The van der Waals surface area contributed by atoms with E-state index < -0.39 is 0 Å². The van der Waals surface area contributed by atoms with E-state index in [4.69, 9.17) is 10.5 Å². The van der Waals surface area contributed by atoms with Gasteiger partial charge in [0.1, 0.15) is 0 Å². The van der Waals surface area contributed by atoms with Crippen LogP contribution in [0.3, 0.4) is 0 Å². The van der Waals surface area contributed by atoms with Crippen LogP contribution >= 0.6 is 0 Å². The van der Waals surface area contributed by atoms with Crippen molar-refractivity contribution >= 4 is 5.69 Å². The highest BCUT2D eigenvalue weighted by molar-refractivity contribution is 5.48. The van der Waals surface area contributed by atoms with Crippen molar-refractivity contribution in [3.05, 3.63) is 29.8 Å². The number of rotatable bonds is 3. The molecule has 1 unspecified atom stereocenters. The SMILES string of the molecule is COC1(C)CCCN(c2ccc([C@H](C)N)cc2)C1. The fourth-order valence-corrected chi connectivity index (χ4v) is 2.58. The molecule has 0 amide bonds. The van der Waals surface area contributed by atoms with Crippen LogP contribution in [0, 0.1) is 0 Å². The Morgan fingerprint density at radius 2 is 2.00 bits per heavy atom. The smallest absolute Gasteiger partial charge is 0.0825 e. The third-order valence-corrected chi connectivity index (χ3v) is 3.94. The fourth-order valence-electron chi connectivity index (χ4n) is 2.58. The molecule has 18 heavy (non-hydrogen) atoms. The quantitative estimate of drug-likeness (QED) is 0.894. The van der Waals surface area contributed by atoms with Gasteiger partial charge < -0.3 is 15.4 Å². The Labute approximate surface area is 110 Å². The number of nitrogens with zero attached hydrogens (tertiary/aromatic N) is 1. The third kappa shape index (κ3) is 2.85. The molecule has 1 aromatic rings. The topological polar surface area (TPSA) is 38.5 Å². The van der Waals surface area contributed by atoms with Gasteiger partial charge in [-0.2, -0.15) is 0 Å². The Kier molecular flexibility index (Phi) is 3.93. The van der Waals surface area contributed by atoms with Gasteiger partial charge in [-0.15, -0.1) is 0 Å². The van der Waals surface area contributed by atoms with Crippen LogP contribution in [-0.4, -0.2) is 25.8 Å². The summed E-state index contributed by atoms with van der Waals surface area (Å²) >= 11 is 0. The molecule has 2 N–H and O–H groups in total. The van der Waals surface area contributed by atoms with Gasteiger partial charge >= 0.3 is 0 Å². The highest BCUT2D eigenvalue weighted by Crippen LogP contribution is 2.28. The second kappa shape index (κ2) is 5.29. The monoisotopic (exact) mass is 248 g/mol. The van der Waals surface area contributed by atoms with E-state index in [2.05, 4.69) is 36.1 Å². The number of anilines is 1. The molecule has 1 fully saturated rings. The number of methoxy groups -OCH3 is 1. The van der Waals surface area contributed by atoms with E-state index in [0.29, 0.717) is 0 Å². The summed E-state index contributed by atoms with van der Waals surface area (Å²) in [5.41, 5.74) is 8.31. The van der Waals surface area contributed by atoms with Crippen molar-refractivity contribution in [3.8, 4) is 0 Å². The van der Waals surface area contributed by atoms with E-state index in [-0.39, 0.29) is 11.6 Å². The number of hydrogen-bond acceptors (Lipinski definition) is 3. The van der Waals surface area contributed by atoms with Crippen LogP contribution in [0.4, 0.5) is 5.69 Å². The molecule has 0 saturated carbocycles. The van der Waals surface area contributed by atoms with Crippen molar-refractivity contribution in [2.75, 3.05) is 25.1 Å². The molecule has 1 heterocycles. The molecule has 0 radical (unpaired) electrons. The van der Waals surface area contributed by atoms with E-state index in [0.717, 1.165) is 19.5 Å². The maximum absolute atomic E-state index is 5.87. The van der Waals surface area contributed by atoms with Crippen LogP contribution in [0.25, 0.3) is 0 Å². The van der Waals surface area contributed by atoms with Gasteiger partial charge in [0.2, 0.25) is 0 Å². The lowest BCUT2D eigenvalue weighted by atomic mass is 9.94. The van der Waals surface area contributed by atoms with Gasteiger partial charge in [0.05, 0.1) is 5.60 Å². The van der Waals surface area contributed by atoms with Gasteiger partial charge in [-0.25, -0.2) is 0 Å². The predicted octanol–water partition coefficient (Wildman–Crippen LogP) is 2.71. The first kappa shape index (κ1) is 13.4. The average Bonchev–Trinajstić information content (AvgIpc) is 2.39. The van der Waals surface area contributed by atoms with Crippen LogP contribution in [0.2, 0.25) is 0 Å². The van der Waals surface area contributed by atoms with E-state index in [9.17, 15) is 0 Å². The minimum Gasteiger partial charge on any atom is -0.377 e. The van der Waals surface area contributed by atoms with Gasteiger partial charge in [-0.3, -0.25) is 0 Å². The van der Waals surface area contributed by atoms with Crippen molar-refractivity contribution in [1.29, 1.82) is 0 Å². The Hall–Kier alpha value is -1.06. The number of nitrogens with two attached hydrogens (primary N) is 1. The van der Waals surface area contributed by atoms with Crippen molar-refractivity contribution in [2.45, 2.75) is 38.3 Å². The van der Waals surface area contributed by atoms with Crippen molar-refractivity contribution < 1.29 is 4.74 Å². The number of ether oxygens (including phenoxy) is 1. The molecule has 100 valence electrons. The minimum absolute atomic E-state index is 0.0158. The minimum atomic E-state index is -0.0158. The second-order valence-electron chi connectivity index (χ2n) is 5.56. The number of hydrogen-bond donors (Lipinski definition) is 1. The Bertz CT molecular complexity index is 388. The lowest BCUT2D eigenvalue weighted by Crippen LogP contribution is -2.47. The maximum Gasteiger partial charge on any atom is 0.0825 e.